The van der Waals surface area contributed by atoms with Gasteiger partial charge in [-0.15, -0.1) is 0 Å². The van der Waals surface area contributed by atoms with Crippen molar-refractivity contribution in [3.63, 3.8) is 0 Å². The van der Waals surface area contributed by atoms with Crippen LogP contribution in [0.15, 0.2) is 30.3 Å². The zero-order chi connectivity index (χ0) is 15.7. The minimum absolute atomic E-state index is 0.0216. The number of piperidine rings is 1. The molecule has 1 aliphatic heterocycles. The summed E-state index contributed by atoms with van der Waals surface area (Å²) in [5.41, 5.74) is 7.59. The lowest BCUT2D eigenvalue weighted by molar-refractivity contribution is -0.123. The number of aryl methyl sites for hydroxylation is 1. The summed E-state index contributed by atoms with van der Waals surface area (Å²) in [6.07, 6.45) is 1.27. The van der Waals surface area contributed by atoms with E-state index in [2.05, 4.69) is 4.98 Å². The number of para-hydroxylation sites is 1. The number of carbonyl (C=O) groups is 2. The summed E-state index contributed by atoms with van der Waals surface area (Å²) in [6, 6.07) is 9.57. The van der Waals surface area contributed by atoms with Crippen LogP contribution in [0.4, 0.5) is 0 Å². The van der Waals surface area contributed by atoms with Gasteiger partial charge >= 0.3 is 0 Å². The molecule has 1 saturated heterocycles. The van der Waals surface area contributed by atoms with Gasteiger partial charge in [0.1, 0.15) is 0 Å². The molecule has 0 radical (unpaired) electrons. The number of rotatable bonds is 2. The van der Waals surface area contributed by atoms with Gasteiger partial charge in [0.25, 0.3) is 5.91 Å². The average molecular weight is 297 g/mol. The molecule has 2 N–H and O–H groups in total. The van der Waals surface area contributed by atoms with Gasteiger partial charge in [-0.25, -0.2) is 0 Å². The van der Waals surface area contributed by atoms with Gasteiger partial charge in [0.05, 0.1) is 11.1 Å². The molecule has 2 aromatic rings. The summed E-state index contributed by atoms with van der Waals surface area (Å²) in [5.74, 6) is -0.405. The van der Waals surface area contributed by atoms with Crippen molar-refractivity contribution in [1.29, 1.82) is 0 Å². The molecule has 0 atom stereocenters. The van der Waals surface area contributed by atoms with E-state index in [1.54, 1.807) is 4.90 Å². The molecule has 1 aromatic carbocycles. The maximum atomic E-state index is 12.8. The third-order valence-corrected chi connectivity index (χ3v) is 4.27. The van der Waals surface area contributed by atoms with E-state index < -0.39 is 0 Å². The van der Waals surface area contributed by atoms with Crippen LogP contribution in [0.3, 0.4) is 0 Å². The van der Waals surface area contributed by atoms with Crippen molar-refractivity contribution >= 4 is 22.7 Å². The zero-order valence-corrected chi connectivity index (χ0v) is 12.6. The van der Waals surface area contributed by atoms with E-state index in [9.17, 15) is 9.59 Å². The molecule has 22 heavy (non-hydrogen) atoms. The second-order valence-electron chi connectivity index (χ2n) is 5.80. The van der Waals surface area contributed by atoms with Gasteiger partial charge in [0.2, 0.25) is 5.91 Å². The molecule has 0 unspecified atom stereocenters. The smallest absolute Gasteiger partial charge is 0.256 e. The fourth-order valence-corrected chi connectivity index (χ4v) is 2.95. The molecule has 2 amide bonds. The van der Waals surface area contributed by atoms with Crippen LogP contribution in [0.25, 0.3) is 10.9 Å². The van der Waals surface area contributed by atoms with Gasteiger partial charge in [-0.2, -0.15) is 0 Å². The maximum Gasteiger partial charge on any atom is 0.256 e. The highest BCUT2D eigenvalue weighted by Gasteiger charge is 2.27. The number of pyridine rings is 1. The van der Waals surface area contributed by atoms with Gasteiger partial charge in [-0.1, -0.05) is 18.2 Å². The average Bonchev–Trinajstić information content (AvgIpc) is 2.53. The number of aromatic nitrogens is 1. The standard InChI is InChI=1S/C17H19N3O2/c1-11-5-6-12-3-2-4-14(15(12)19-11)17(22)20-9-7-13(8-10-20)16(18)21/h2-6,13H,7-10H2,1H3,(H2,18,21). The highest BCUT2D eigenvalue weighted by atomic mass is 16.2. The normalized spacial score (nSPS) is 16.0. The second-order valence-corrected chi connectivity index (χ2v) is 5.80. The molecule has 1 fully saturated rings. The van der Waals surface area contributed by atoms with Crippen molar-refractivity contribution < 1.29 is 9.59 Å². The summed E-state index contributed by atoms with van der Waals surface area (Å²) in [6.45, 7) is 3.04. The van der Waals surface area contributed by atoms with E-state index in [4.69, 9.17) is 5.73 Å². The number of hydrogen-bond acceptors (Lipinski definition) is 3. The van der Waals surface area contributed by atoms with Gasteiger partial charge in [0.15, 0.2) is 0 Å². The molecule has 0 aliphatic carbocycles. The Morgan fingerprint density at radius 2 is 1.91 bits per heavy atom. The Kier molecular flexibility index (Phi) is 3.79. The van der Waals surface area contributed by atoms with Crippen molar-refractivity contribution in [3.8, 4) is 0 Å². The molecule has 0 saturated carbocycles. The molecular weight excluding hydrogens is 278 g/mol. The van der Waals surface area contributed by atoms with E-state index in [0.717, 1.165) is 16.6 Å². The summed E-state index contributed by atoms with van der Waals surface area (Å²) < 4.78 is 0. The number of nitrogens with two attached hydrogens (primary N) is 1. The maximum absolute atomic E-state index is 12.8. The minimum Gasteiger partial charge on any atom is -0.369 e. The molecule has 0 spiro atoms. The van der Waals surface area contributed by atoms with E-state index in [1.807, 2.05) is 37.3 Å². The van der Waals surface area contributed by atoms with E-state index >= 15 is 0 Å². The van der Waals surface area contributed by atoms with E-state index in [1.165, 1.54) is 0 Å². The fraction of sp³-hybridized carbons (Fsp3) is 0.353. The first-order valence-electron chi connectivity index (χ1n) is 7.51. The van der Waals surface area contributed by atoms with Crippen LogP contribution in [-0.2, 0) is 4.79 Å². The lowest BCUT2D eigenvalue weighted by atomic mass is 9.95. The van der Waals surface area contributed by atoms with Crippen molar-refractivity contribution in [3.05, 3.63) is 41.6 Å². The highest BCUT2D eigenvalue weighted by molar-refractivity contribution is 6.05. The van der Waals surface area contributed by atoms with Crippen LogP contribution in [0.2, 0.25) is 0 Å². The lowest BCUT2D eigenvalue weighted by Gasteiger charge is -2.30. The van der Waals surface area contributed by atoms with Gasteiger partial charge in [0, 0.05) is 30.1 Å². The number of carbonyl (C=O) groups excluding carboxylic acids is 2. The van der Waals surface area contributed by atoms with Crippen LogP contribution in [-0.4, -0.2) is 34.8 Å². The van der Waals surface area contributed by atoms with Crippen LogP contribution in [0.1, 0.15) is 28.9 Å². The highest BCUT2D eigenvalue weighted by Crippen LogP contribution is 2.22. The number of primary amides is 1. The number of hydrogen-bond donors (Lipinski definition) is 1. The molecule has 0 bridgehead atoms. The topological polar surface area (TPSA) is 76.3 Å². The number of amides is 2. The SMILES string of the molecule is Cc1ccc2cccc(C(=O)N3CCC(C(N)=O)CC3)c2n1. The van der Waals surface area contributed by atoms with Gasteiger partial charge < -0.3 is 10.6 Å². The Hall–Kier alpha value is -2.43. The molecule has 2 heterocycles. The predicted molar refractivity (Wildman–Crippen MR) is 84.3 cm³/mol. The van der Waals surface area contributed by atoms with Crippen molar-refractivity contribution in [2.45, 2.75) is 19.8 Å². The molecule has 114 valence electrons. The van der Waals surface area contributed by atoms with E-state index in [-0.39, 0.29) is 17.7 Å². The number of benzene rings is 1. The quantitative estimate of drug-likeness (QED) is 0.919. The molecule has 5 nitrogen and oxygen atoms in total. The lowest BCUT2D eigenvalue weighted by Crippen LogP contribution is -2.41. The number of likely N-dealkylation sites (tertiary alicyclic amines) is 1. The number of nitrogens with zero attached hydrogens (tertiary/aromatic N) is 2. The molecule has 1 aromatic heterocycles. The Bertz CT molecular complexity index is 734. The minimum atomic E-state index is -0.269. The Morgan fingerprint density at radius 3 is 2.59 bits per heavy atom. The summed E-state index contributed by atoms with van der Waals surface area (Å²) in [7, 11) is 0. The van der Waals surface area contributed by atoms with Gasteiger partial charge in [-0.3, -0.25) is 14.6 Å². The third-order valence-electron chi connectivity index (χ3n) is 4.27. The van der Waals surface area contributed by atoms with Crippen molar-refractivity contribution in [2.75, 3.05) is 13.1 Å². The van der Waals surface area contributed by atoms with Crippen LogP contribution >= 0.6 is 0 Å². The van der Waals surface area contributed by atoms with E-state index in [0.29, 0.717) is 31.5 Å². The molecular formula is C17H19N3O2. The van der Waals surface area contributed by atoms with Gasteiger partial charge in [-0.05, 0) is 31.9 Å². The Balaban J connectivity index is 1.87. The van der Waals surface area contributed by atoms with Crippen molar-refractivity contribution in [2.24, 2.45) is 11.7 Å². The Labute approximate surface area is 129 Å². The number of fused-ring (bicyclic) bond motifs is 1. The zero-order valence-electron chi connectivity index (χ0n) is 12.6. The molecule has 1 aliphatic rings. The third kappa shape index (κ3) is 2.66. The predicted octanol–water partition coefficient (Wildman–Crippen LogP) is 1.88. The van der Waals surface area contributed by atoms with Crippen LogP contribution < -0.4 is 5.73 Å². The van der Waals surface area contributed by atoms with Crippen LogP contribution in [0, 0.1) is 12.8 Å². The molecule has 3 rings (SSSR count). The first-order chi connectivity index (χ1) is 10.6. The monoisotopic (exact) mass is 297 g/mol. The first-order valence-corrected chi connectivity index (χ1v) is 7.51. The first kappa shape index (κ1) is 14.5. The van der Waals surface area contributed by atoms with Crippen molar-refractivity contribution in [1.82, 2.24) is 9.88 Å². The summed E-state index contributed by atoms with van der Waals surface area (Å²) in [4.78, 5) is 30.3. The molecule has 5 heteroatoms. The largest absolute Gasteiger partial charge is 0.369 e. The van der Waals surface area contributed by atoms with Crippen LogP contribution in [0.5, 0.6) is 0 Å². The Morgan fingerprint density at radius 1 is 1.18 bits per heavy atom. The second kappa shape index (κ2) is 5.75. The fourth-order valence-electron chi connectivity index (χ4n) is 2.95. The summed E-state index contributed by atoms with van der Waals surface area (Å²) in [5, 5.41) is 0.962. The summed E-state index contributed by atoms with van der Waals surface area (Å²) >= 11 is 0.